The molecule has 4 heteroatoms. The molecule has 0 rings (SSSR count). The molecule has 0 saturated carbocycles. The molecule has 3 nitrogen and oxygen atoms in total. The van der Waals surface area contributed by atoms with Crippen molar-refractivity contribution < 1.29 is 9.53 Å². The Balaban J connectivity index is 3.88. The Kier molecular flexibility index (Phi) is 8.18. The van der Waals surface area contributed by atoms with Gasteiger partial charge in [-0.15, -0.1) is 0 Å². The van der Waals surface area contributed by atoms with E-state index in [4.69, 9.17) is 4.74 Å². The van der Waals surface area contributed by atoms with Gasteiger partial charge in [0, 0.05) is 18.4 Å². The molecule has 84 valence electrons. The summed E-state index contributed by atoms with van der Waals surface area (Å²) in [6, 6.07) is 0.0757. The van der Waals surface area contributed by atoms with Gasteiger partial charge in [-0.2, -0.15) is 0 Å². The van der Waals surface area contributed by atoms with Crippen molar-refractivity contribution in [3.05, 3.63) is 0 Å². The standard InChI is InChI=1S/C10H20BrNO2/c1-4-5-8(2)10(13)12-9(6-11)7-14-3/h8-9H,4-7H2,1-3H3,(H,12,13). The molecule has 0 aliphatic carbocycles. The van der Waals surface area contributed by atoms with Crippen LogP contribution < -0.4 is 5.32 Å². The first-order valence-corrected chi connectivity index (χ1v) is 6.13. The summed E-state index contributed by atoms with van der Waals surface area (Å²) in [6.07, 6.45) is 1.98. The summed E-state index contributed by atoms with van der Waals surface area (Å²) in [5.41, 5.74) is 0. The van der Waals surface area contributed by atoms with E-state index in [9.17, 15) is 4.79 Å². The number of rotatable bonds is 7. The molecule has 0 aromatic carbocycles. The molecule has 0 fully saturated rings. The molecule has 0 saturated heterocycles. The lowest BCUT2D eigenvalue weighted by Gasteiger charge is -2.18. The van der Waals surface area contributed by atoms with Crippen LogP contribution in [0.3, 0.4) is 0 Å². The first kappa shape index (κ1) is 13.9. The minimum Gasteiger partial charge on any atom is -0.383 e. The molecule has 0 spiro atoms. The van der Waals surface area contributed by atoms with Crippen LogP contribution in [-0.2, 0) is 9.53 Å². The lowest BCUT2D eigenvalue weighted by molar-refractivity contribution is -0.125. The minimum absolute atomic E-state index is 0.0757. The maximum atomic E-state index is 11.6. The second-order valence-electron chi connectivity index (χ2n) is 3.50. The fraction of sp³-hybridized carbons (Fsp3) is 0.900. The molecule has 2 unspecified atom stereocenters. The molecule has 14 heavy (non-hydrogen) atoms. The molecule has 0 heterocycles. The second kappa shape index (κ2) is 8.24. The Hall–Kier alpha value is -0.0900. The van der Waals surface area contributed by atoms with Gasteiger partial charge in [0.15, 0.2) is 0 Å². The lowest BCUT2D eigenvalue weighted by Crippen LogP contribution is -2.41. The van der Waals surface area contributed by atoms with E-state index in [1.807, 2.05) is 6.92 Å². The van der Waals surface area contributed by atoms with Gasteiger partial charge < -0.3 is 10.1 Å². The smallest absolute Gasteiger partial charge is 0.223 e. The highest BCUT2D eigenvalue weighted by molar-refractivity contribution is 9.09. The Bertz CT molecular complexity index is 164. The number of methoxy groups -OCH3 is 1. The average Bonchev–Trinajstić information content (AvgIpc) is 2.17. The third-order valence-electron chi connectivity index (χ3n) is 2.07. The van der Waals surface area contributed by atoms with E-state index in [2.05, 4.69) is 28.2 Å². The number of carbonyl (C=O) groups excluding carboxylic acids is 1. The van der Waals surface area contributed by atoms with Crippen molar-refractivity contribution in [2.24, 2.45) is 5.92 Å². The normalized spacial score (nSPS) is 14.9. The van der Waals surface area contributed by atoms with Gasteiger partial charge in [0.05, 0.1) is 12.6 Å². The number of amides is 1. The van der Waals surface area contributed by atoms with Gasteiger partial charge in [-0.25, -0.2) is 0 Å². The van der Waals surface area contributed by atoms with E-state index in [0.29, 0.717) is 6.61 Å². The first-order valence-electron chi connectivity index (χ1n) is 5.00. The molecule has 0 bridgehead atoms. The maximum absolute atomic E-state index is 11.6. The average molecular weight is 266 g/mol. The summed E-state index contributed by atoms with van der Waals surface area (Å²) in [6.45, 7) is 4.59. The van der Waals surface area contributed by atoms with Crippen LogP contribution >= 0.6 is 15.9 Å². The highest BCUT2D eigenvalue weighted by atomic mass is 79.9. The summed E-state index contributed by atoms with van der Waals surface area (Å²) in [5.74, 6) is 0.215. The van der Waals surface area contributed by atoms with Crippen LogP contribution in [0.5, 0.6) is 0 Å². The van der Waals surface area contributed by atoms with Crippen LogP contribution in [0, 0.1) is 5.92 Å². The van der Waals surface area contributed by atoms with E-state index < -0.39 is 0 Å². The SMILES string of the molecule is CCCC(C)C(=O)NC(CBr)COC. The van der Waals surface area contributed by atoms with Crippen LogP contribution in [0.15, 0.2) is 0 Å². The van der Waals surface area contributed by atoms with Gasteiger partial charge in [0.2, 0.25) is 5.91 Å². The number of halogens is 1. The van der Waals surface area contributed by atoms with Crippen molar-refractivity contribution >= 4 is 21.8 Å². The summed E-state index contributed by atoms with van der Waals surface area (Å²) >= 11 is 3.34. The van der Waals surface area contributed by atoms with Gasteiger partial charge in [-0.05, 0) is 6.42 Å². The van der Waals surface area contributed by atoms with Gasteiger partial charge in [-0.3, -0.25) is 4.79 Å². The molecule has 0 aliphatic rings. The highest BCUT2D eigenvalue weighted by Gasteiger charge is 2.15. The molecule has 2 atom stereocenters. The third-order valence-corrected chi connectivity index (χ3v) is 2.85. The molecule has 0 aliphatic heterocycles. The quantitative estimate of drug-likeness (QED) is 0.715. The Morgan fingerprint density at radius 2 is 2.21 bits per heavy atom. The zero-order chi connectivity index (χ0) is 11.0. The van der Waals surface area contributed by atoms with Crippen molar-refractivity contribution in [1.82, 2.24) is 5.32 Å². The minimum atomic E-state index is 0.0757. The number of alkyl halides is 1. The van der Waals surface area contributed by atoms with Crippen molar-refractivity contribution in [3.8, 4) is 0 Å². The topological polar surface area (TPSA) is 38.3 Å². The highest BCUT2D eigenvalue weighted by Crippen LogP contribution is 2.05. The number of nitrogens with one attached hydrogen (secondary N) is 1. The number of ether oxygens (including phenoxy) is 1. The van der Waals surface area contributed by atoms with Gasteiger partial charge in [0.1, 0.15) is 0 Å². The van der Waals surface area contributed by atoms with Crippen molar-refractivity contribution in [1.29, 1.82) is 0 Å². The molecule has 0 aromatic heterocycles. The van der Waals surface area contributed by atoms with E-state index in [1.54, 1.807) is 7.11 Å². The zero-order valence-corrected chi connectivity index (χ0v) is 10.8. The van der Waals surface area contributed by atoms with E-state index in [-0.39, 0.29) is 17.9 Å². The summed E-state index contributed by atoms with van der Waals surface area (Å²) in [5, 5.41) is 3.67. The molecule has 0 aromatic rings. The fourth-order valence-corrected chi connectivity index (χ4v) is 1.58. The molecule has 1 amide bonds. The first-order chi connectivity index (χ1) is 6.65. The van der Waals surface area contributed by atoms with E-state index >= 15 is 0 Å². The van der Waals surface area contributed by atoms with Gasteiger partial charge in [0.25, 0.3) is 0 Å². The summed E-state index contributed by atoms with van der Waals surface area (Å²) in [4.78, 5) is 11.6. The maximum Gasteiger partial charge on any atom is 0.223 e. The van der Waals surface area contributed by atoms with Gasteiger partial charge >= 0.3 is 0 Å². The van der Waals surface area contributed by atoms with E-state index in [1.165, 1.54) is 0 Å². The zero-order valence-electron chi connectivity index (χ0n) is 9.18. The Labute approximate surface area is 94.7 Å². The summed E-state index contributed by atoms with van der Waals surface area (Å²) in [7, 11) is 1.64. The number of hydrogen-bond acceptors (Lipinski definition) is 2. The predicted octanol–water partition coefficient (Wildman–Crippen LogP) is 1.95. The predicted molar refractivity (Wildman–Crippen MR) is 61.7 cm³/mol. The molecule has 0 radical (unpaired) electrons. The number of carbonyl (C=O) groups is 1. The van der Waals surface area contributed by atoms with E-state index in [0.717, 1.165) is 18.2 Å². The second-order valence-corrected chi connectivity index (χ2v) is 4.15. The Morgan fingerprint density at radius 3 is 2.64 bits per heavy atom. The van der Waals surface area contributed by atoms with Crippen LogP contribution in [0.25, 0.3) is 0 Å². The lowest BCUT2D eigenvalue weighted by atomic mass is 10.1. The molecule has 1 N–H and O–H groups in total. The third kappa shape index (κ3) is 5.60. The van der Waals surface area contributed by atoms with Crippen molar-refractivity contribution in [2.45, 2.75) is 32.7 Å². The van der Waals surface area contributed by atoms with Crippen LogP contribution in [-0.4, -0.2) is 31.0 Å². The molecular weight excluding hydrogens is 246 g/mol. The number of hydrogen-bond donors (Lipinski definition) is 1. The van der Waals surface area contributed by atoms with Gasteiger partial charge in [-0.1, -0.05) is 36.2 Å². The largest absolute Gasteiger partial charge is 0.383 e. The van der Waals surface area contributed by atoms with Crippen molar-refractivity contribution in [3.63, 3.8) is 0 Å². The molecular formula is C10H20BrNO2. The van der Waals surface area contributed by atoms with Crippen LogP contribution in [0.4, 0.5) is 0 Å². The van der Waals surface area contributed by atoms with Crippen LogP contribution in [0.1, 0.15) is 26.7 Å². The monoisotopic (exact) mass is 265 g/mol. The van der Waals surface area contributed by atoms with Crippen molar-refractivity contribution in [2.75, 3.05) is 19.0 Å². The summed E-state index contributed by atoms with van der Waals surface area (Å²) < 4.78 is 4.99. The van der Waals surface area contributed by atoms with Crippen LogP contribution in [0.2, 0.25) is 0 Å². The fourth-order valence-electron chi connectivity index (χ4n) is 1.23. The Morgan fingerprint density at radius 1 is 1.57 bits per heavy atom.